The molecule has 1 aromatic carbocycles. The van der Waals surface area contributed by atoms with Gasteiger partial charge >= 0.3 is 0 Å². The van der Waals surface area contributed by atoms with Crippen LogP contribution in [0.15, 0.2) is 24.5 Å². The number of unbranched alkanes of at least 4 members (excludes halogenated alkanes) is 2. The van der Waals surface area contributed by atoms with Crippen LogP contribution in [0.25, 0.3) is 11.3 Å². The third kappa shape index (κ3) is 6.77. The van der Waals surface area contributed by atoms with E-state index in [0.717, 1.165) is 18.2 Å². The monoisotopic (exact) mass is 491 g/mol. The van der Waals surface area contributed by atoms with Gasteiger partial charge in [-0.25, -0.2) is 9.97 Å². The van der Waals surface area contributed by atoms with Crippen molar-refractivity contribution in [2.24, 2.45) is 0 Å². The molecule has 0 bridgehead atoms. The van der Waals surface area contributed by atoms with Gasteiger partial charge in [0.15, 0.2) is 0 Å². The quantitative estimate of drug-likeness (QED) is 0.262. The summed E-state index contributed by atoms with van der Waals surface area (Å²) in [5.41, 5.74) is 8.30. The molecular weight excluding hydrogens is 438 g/mol. The molecule has 3 heteroatoms. The van der Waals surface area contributed by atoms with Crippen LogP contribution in [0.3, 0.4) is 0 Å². The van der Waals surface area contributed by atoms with Gasteiger partial charge in [-0.3, -0.25) is 0 Å². The van der Waals surface area contributed by atoms with Gasteiger partial charge in [0.05, 0.1) is 5.69 Å². The first-order valence-corrected chi connectivity index (χ1v) is 14.8. The number of hydrogen-bond donors (Lipinski definition) is 0. The second-order valence-electron chi connectivity index (χ2n) is 12.5. The van der Waals surface area contributed by atoms with Gasteiger partial charge in [0.2, 0.25) is 0 Å². The molecule has 1 unspecified atom stereocenters. The van der Waals surface area contributed by atoms with E-state index in [2.05, 4.69) is 78.5 Å². The predicted octanol–water partition coefficient (Wildman–Crippen LogP) is 8.80. The predicted molar refractivity (Wildman–Crippen MR) is 156 cm³/mol. The standard InChI is InChI=1S/C33H53N3/c1-9-12-15-27(11-3)36(21-10-2)22-14-13-16-30-25(4)31(35-24-34-30)26-17-18-28-29(23-26)33(7,8)20-19-32(28,5)6/h17-18,23-24,27H,9-16,19-22H2,1-8H3. The van der Waals surface area contributed by atoms with E-state index >= 15 is 0 Å². The van der Waals surface area contributed by atoms with Gasteiger partial charge in [0.25, 0.3) is 0 Å². The van der Waals surface area contributed by atoms with Gasteiger partial charge in [-0.2, -0.15) is 0 Å². The molecule has 0 saturated heterocycles. The number of rotatable bonds is 13. The normalized spacial score (nSPS) is 17.2. The Bertz CT molecular complexity index is 975. The minimum absolute atomic E-state index is 0.211. The number of fused-ring (bicyclic) bond motifs is 1. The molecule has 3 rings (SSSR count). The molecule has 0 saturated carbocycles. The zero-order chi connectivity index (χ0) is 26.3. The van der Waals surface area contributed by atoms with Crippen LogP contribution in [0.4, 0.5) is 0 Å². The van der Waals surface area contributed by atoms with E-state index in [-0.39, 0.29) is 10.8 Å². The van der Waals surface area contributed by atoms with Crippen LogP contribution >= 0.6 is 0 Å². The van der Waals surface area contributed by atoms with Crippen molar-refractivity contribution in [1.29, 1.82) is 0 Å². The highest BCUT2D eigenvalue weighted by atomic mass is 15.1. The zero-order valence-electron chi connectivity index (χ0n) is 24.7. The Morgan fingerprint density at radius 3 is 2.25 bits per heavy atom. The highest BCUT2D eigenvalue weighted by Crippen LogP contribution is 2.46. The number of aryl methyl sites for hydroxylation is 1. The minimum Gasteiger partial charge on any atom is -0.300 e. The maximum atomic E-state index is 4.77. The van der Waals surface area contributed by atoms with E-state index < -0.39 is 0 Å². The lowest BCUT2D eigenvalue weighted by molar-refractivity contribution is 0.175. The van der Waals surface area contributed by atoms with Crippen molar-refractivity contribution in [3.8, 4) is 11.3 Å². The zero-order valence-corrected chi connectivity index (χ0v) is 24.7. The molecule has 1 aromatic heterocycles. The van der Waals surface area contributed by atoms with Gasteiger partial charge < -0.3 is 4.90 Å². The summed E-state index contributed by atoms with van der Waals surface area (Å²) in [6.07, 6.45) is 14.2. The van der Waals surface area contributed by atoms with Crippen molar-refractivity contribution in [2.75, 3.05) is 13.1 Å². The van der Waals surface area contributed by atoms with Gasteiger partial charge in [-0.1, -0.05) is 73.4 Å². The van der Waals surface area contributed by atoms with E-state index in [0.29, 0.717) is 0 Å². The number of aromatic nitrogens is 2. The molecule has 2 aromatic rings. The summed E-state index contributed by atoms with van der Waals surface area (Å²) in [6.45, 7) is 21.2. The van der Waals surface area contributed by atoms with E-state index in [4.69, 9.17) is 9.97 Å². The van der Waals surface area contributed by atoms with E-state index in [1.807, 2.05) is 0 Å². The Balaban J connectivity index is 1.71. The van der Waals surface area contributed by atoms with Crippen LogP contribution in [-0.2, 0) is 17.3 Å². The summed E-state index contributed by atoms with van der Waals surface area (Å²) in [5, 5.41) is 0. The van der Waals surface area contributed by atoms with Crippen LogP contribution in [0.5, 0.6) is 0 Å². The lowest BCUT2D eigenvalue weighted by atomic mass is 9.63. The van der Waals surface area contributed by atoms with E-state index in [9.17, 15) is 0 Å². The first-order valence-electron chi connectivity index (χ1n) is 14.8. The summed E-state index contributed by atoms with van der Waals surface area (Å²) in [5.74, 6) is 0. The average Bonchev–Trinajstić information content (AvgIpc) is 2.85. The van der Waals surface area contributed by atoms with Crippen LogP contribution in [0.2, 0.25) is 0 Å². The Hall–Kier alpha value is -1.74. The third-order valence-electron chi connectivity index (χ3n) is 8.81. The molecule has 3 nitrogen and oxygen atoms in total. The summed E-state index contributed by atoms with van der Waals surface area (Å²) in [7, 11) is 0. The van der Waals surface area contributed by atoms with Gasteiger partial charge in [0, 0.05) is 17.3 Å². The molecule has 1 aliphatic carbocycles. The smallest absolute Gasteiger partial charge is 0.116 e. The third-order valence-corrected chi connectivity index (χ3v) is 8.81. The Kier molecular flexibility index (Phi) is 10.1. The van der Waals surface area contributed by atoms with E-state index in [1.54, 1.807) is 6.33 Å². The second-order valence-corrected chi connectivity index (χ2v) is 12.5. The van der Waals surface area contributed by atoms with Crippen molar-refractivity contribution < 1.29 is 0 Å². The largest absolute Gasteiger partial charge is 0.300 e. The fourth-order valence-electron chi connectivity index (χ4n) is 6.22. The molecule has 1 aliphatic rings. The Labute approximate surface area is 222 Å². The van der Waals surface area contributed by atoms with Crippen LogP contribution in [0.1, 0.15) is 129 Å². The van der Waals surface area contributed by atoms with Gasteiger partial charge in [-0.05, 0) is 105 Å². The van der Waals surface area contributed by atoms with Crippen LogP contribution in [-0.4, -0.2) is 34.0 Å². The maximum absolute atomic E-state index is 4.77. The molecule has 0 spiro atoms. The number of nitrogens with zero attached hydrogens (tertiary/aromatic N) is 3. The average molecular weight is 492 g/mol. The molecule has 200 valence electrons. The molecular formula is C33H53N3. The second kappa shape index (κ2) is 12.7. The molecule has 1 heterocycles. The molecule has 0 N–H and O–H groups in total. The molecule has 36 heavy (non-hydrogen) atoms. The minimum atomic E-state index is 0.211. The molecule has 0 fully saturated rings. The summed E-state index contributed by atoms with van der Waals surface area (Å²) in [6, 6.07) is 7.84. The first-order chi connectivity index (χ1) is 17.1. The molecule has 0 amide bonds. The van der Waals surface area contributed by atoms with Crippen LogP contribution in [0, 0.1) is 6.92 Å². The summed E-state index contributed by atoms with van der Waals surface area (Å²) < 4.78 is 0. The summed E-state index contributed by atoms with van der Waals surface area (Å²) in [4.78, 5) is 12.2. The summed E-state index contributed by atoms with van der Waals surface area (Å²) >= 11 is 0. The number of hydrogen-bond acceptors (Lipinski definition) is 3. The van der Waals surface area contributed by atoms with Crippen molar-refractivity contribution in [3.63, 3.8) is 0 Å². The number of benzene rings is 1. The SMILES string of the molecule is CCCCC(CC)N(CCC)CCCCc1ncnc(-c2ccc3c(c2)C(C)(C)CCC3(C)C)c1C. The highest BCUT2D eigenvalue weighted by molar-refractivity contribution is 5.66. The maximum Gasteiger partial charge on any atom is 0.116 e. The molecule has 0 aliphatic heterocycles. The lowest BCUT2D eigenvalue weighted by Gasteiger charge is -2.42. The van der Waals surface area contributed by atoms with E-state index in [1.165, 1.54) is 98.8 Å². The molecule has 0 radical (unpaired) electrons. The van der Waals surface area contributed by atoms with Crippen molar-refractivity contribution in [3.05, 3.63) is 46.9 Å². The Morgan fingerprint density at radius 1 is 0.861 bits per heavy atom. The first kappa shape index (κ1) is 28.8. The topological polar surface area (TPSA) is 29.0 Å². The van der Waals surface area contributed by atoms with Gasteiger partial charge in [0.1, 0.15) is 6.33 Å². The Morgan fingerprint density at radius 2 is 1.58 bits per heavy atom. The molecule has 1 atom stereocenters. The lowest BCUT2D eigenvalue weighted by Crippen LogP contribution is -2.36. The van der Waals surface area contributed by atoms with Gasteiger partial charge in [-0.15, -0.1) is 0 Å². The highest BCUT2D eigenvalue weighted by Gasteiger charge is 2.37. The van der Waals surface area contributed by atoms with Crippen molar-refractivity contribution in [2.45, 2.75) is 136 Å². The fraction of sp³-hybridized carbons (Fsp3) is 0.697. The van der Waals surface area contributed by atoms with Crippen LogP contribution < -0.4 is 0 Å². The van der Waals surface area contributed by atoms with Crippen molar-refractivity contribution in [1.82, 2.24) is 14.9 Å². The van der Waals surface area contributed by atoms with Crippen molar-refractivity contribution >= 4 is 0 Å². The fourth-order valence-corrected chi connectivity index (χ4v) is 6.22.